The van der Waals surface area contributed by atoms with Gasteiger partial charge in [0.1, 0.15) is 5.76 Å². The lowest BCUT2D eigenvalue weighted by Gasteiger charge is -2.16. The number of unbranched alkanes of at least 4 members (excludes halogenated alkanes) is 1. The van der Waals surface area contributed by atoms with Crippen molar-refractivity contribution in [2.24, 2.45) is 0 Å². The fourth-order valence-corrected chi connectivity index (χ4v) is 4.66. The normalized spacial score (nSPS) is 13.2. The first-order valence-corrected chi connectivity index (χ1v) is 17.6. The standard InChI is InChI=1S/C32H42N2O2.C12H12O5/c1-8-10-23-33-30-19-14-28(15-20-30)13-18-29(26(4)35-6)24-32(36-7)25(3)11-12-27-16-21-31(22-17-27)34(5)9-2;1-8(13)17-7-11(14)9-3-2-4-10(6-5-9)12(15)16/h11-22,24,33H,3,8-10,23H2,1-2,4-7H3;3-6H,2,7H2,1H3,(H,15,16)/b12-11+,18-13+,29-26+,32-24+;. The Kier molecular flexibility index (Phi) is 19.3. The molecule has 0 aromatic heterocycles. The monoisotopic (exact) mass is 722 g/mol. The number of carbonyl (C=O) groups is 3. The fraction of sp³-hybridized carbons (Fsp3) is 0.295. The highest BCUT2D eigenvalue weighted by Gasteiger charge is 2.12. The molecule has 0 saturated carbocycles. The van der Waals surface area contributed by atoms with Crippen molar-refractivity contribution < 1.29 is 33.7 Å². The maximum Gasteiger partial charge on any atom is 0.335 e. The minimum atomic E-state index is -1.04. The maximum absolute atomic E-state index is 11.6. The Morgan fingerprint density at radius 2 is 1.49 bits per heavy atom. The van der Waals surface area contributed by atoms with E-state index in [2.05, 4.69) is 97.0 Å². The van der Waals surface area contributed by atoms with Crippen molar-refractivity contribution in [2.45, 2.75) is 47.0 Å². The van der Waals surface area contributed by atoms with Gasteiger partial charge in [0, 0.05) is 55.2 Å². The number of hydrogen-bond acceptors (Lipinski definition) is 8. The van der Waals surface area contributed by atoms with Crippen LogP contribution in [0.2, 0.25) is 0 Å². The molecule has 0 heterocycles. The highest BCUT2D eigenvalue weighted by molar-refractivity contribution is 6.00. The Labute approximate surface area is 315 Å². The van der Waals surface area contributed by atoms with Crippen molar-refractivity contribution in [3.63, 3.8) is 0 Å². The summed E-state index contributed by atoms with van der Waals surface area (Å²) in [7, 11) is 5.42. The molecule has 9 heteroatoms. The highest BCUT2D eigenvalue weighted by Crippen LogP contribution is 2.21. The number of allylic oxidation sites excluding steroid dienone is 8. The molecular formula is C44H54N2O7. The van der Waals surface area contributed by atoms with Gasteiger partial charge in [0.25, 0.3) is 0 Å². The molecule has 3 rings (SSSR count). The van der Waals surface area contributed by atoms with Crippen LogP contribution in [0.15, 0.2) is 131 Å². The Morgan fingerprint density at radius 1 is 0.887 bits per heavy atom. The summed E-state index contributed by atoms with van der Waals surface area (Å²) in [6.45, 7) is 13.4. The minimum Gasteiger partial charge on any atom is -0.501 e. The topological polar surface area (TPSA) is 114 Å². The molecule has 2 aromatic carbocycles. The van der Waals surface area contributed by atoms with E-state index < -0.39 is 11.9 Å². The summed E-state index contributed by atoms with van der Waals surface area (Å²) in [6, 6.07) is 16.9. The number of carboxylic acids is 1. The van der Waals surface area contributed by atoms with Gasteiger partial charge in [-0.05, 0) is 74.2 Å². The molecule has 0 unspecified atom stereocenters. The van der Waals surface area contributed by atoms with Gasteiger partial charge >= 0.3 is 11.9 Å². The number of carboxylic acid groups (broad SMARTS) is 1. The van der Waals surface area contributed by atoms with E-state index in [-0.39, 0.29) is 18.0 Å². The lowest BCUT2D eigenvalue weighted by Crippen LogP contribution is -2.15. The molecule has 0 fully saturated rings. The molecule has 0 saturated heterocycles. The van der Waals surface area contributed by atoms with Crippen LogP contribution in [0.25, 0.3) is 12.2 Å². The number of ketones is 1. The molecule has 0 aliphatic heterocycles. The van der Waals surface area contributed by atoms with Crippen LogP contribution in [-0.4, -0.2) is 63.8 Å². The van der Waals surface area contributed by atoms with E-state index in [1.807, 2.05) is 31.2 Å². The molecule has 282 valence electrons. The summed E-state index contributed by atoms with van der Waals surface area (Å²) in [5.41, 5.74) is 6.74. The van der Waals surface area contributed by atoms with Crippen molar-refractivity contribution in [1.29, 1.82) is 0 Å². The lowest BCUT2D eigenvalue weighted by molar-refractivity contribution is -0.144. The summed E-state index contributed by atoms with van der Waals surface area (Å²) in [5, 5.41) is 12.2. The summed E-state index contributed by atoms with van der Waals surface area (Å²) < 4.78 is 15.8. The van der Waals surface area contributed by atoms with Crippen molar-refractivity contribution in [1.82, 2.24) is 0 Å². The van der Waals surface area contributed by atoms with Gasteiger partial charge in [-0.3, -0.25) is 9.59 Å². The zero-order valence-electron chi connectivity index (χ0n) is 32.1. The summed E-state index contributed by atoms with van der Waals surface area (Å²) in [5.74, 6) is -0.438. The van der Waals surface area contributed by atoms with Crippen molar-refractivity contribution in [3.8, 4) is 0 Å². The van der Waals surface area contributed by atoms with Crippen LogP contribution < -0.4 is 10.2 Å². The van der Waals surface area contributed by atoms with E-state index >= 15 is 0 Å². The van der Waals surface area contributed by atoms with Crippen LogP contribution in [0.1, 0.15) is 58.1 Å². The second-order valence-electron chi connectivity index (χ2n) is 12.0. The van der Waals surface area contributed by atoms with Crippen molar-refractivity contribution in [2.75, 3.05) is 51.2 Å². The number of methoxy groups -OCH3 is 2. The molecule has 0 atom stereocenters. The zero-order valence-corrected chi connectivity index (χ0v) is 32.1. The Hall–Kier alpha value is -5.83. The molecule has 53 heavy (non-hydrogen) atoms. The second kappa shape index (κ2) is 23.6. The number of rotatable bonds is 18. The number of aliphatic carboxylic acids is 1. The fourth-order valence-electron chi connectivity index (χ4n) is 4.66. The zero-order chi connectivity index (χ0) is 39.2. The SMILES string of the molecule is C=C(/C=C/c1ccc(N(C)CC)cc1)\C(=C/C(/C=C/c1ccc(NCCCC)cc1)=C(\C)OC)OC.CC(=O)OCC(=O)C1=CCC=C(C(=O)O)C=C1. The van der Waals surface area contributed by atoms with Crippen LogP contribution >= 0.6 is 0 Å². The van der Waals surface area contributed by atoms with Gasteiger partial charge in [-0.25, -0.2) is 4.79 Å². The molecule has 1 aliphatic carbocycles. The molecular weight excluding hydrogens is 668 g/mol. The van der Waals surface area contributed by atoms with Gasteiger partial charge in [0.2, 0.25) is 0 Å². The van der Waals surface area contributed by atoms with E-state index in [1.165, 1.54) is 43.7 Å². The van der Waals surface area contributed by atoms with Crippen LogP contribution in [-0.2, 0) is 28.6 Å². The number of benzene rings is 2. The van der Waals surface area contributed by atoms with Gasteiger partial charge in [-0.1, -0.05) is 86.7 Å². The van der Waals surface area contributed by atoms with Crippen LogP contribution in [0.5, 0.6) is 0 Å². The average molecular weight is 723 g/mol. The quantitative estimate of drug-likeness (QED) is 0.0673. The number of nitrogens with one attached hydrogen (secondary N) is 1. The number of ether oxygens (including phenoxy) is 3. The van der Waals surface area contributed by atoms with Gasteiger partial charge in [-0.15, -0.1) is 0 Å². The van der Waals surface area contributed by atoms with Crippen LogP contribution in [0.4, 0.5) is 11.4 Å². The Balaban J connectivity index is 0.000000477. The highest BCUT2D eigenvalue weighted by atomic mass is 16.5. The van der Waals surface area contributed by atoms with Crippen molar-refractivity contribution >= 4 is 41.2 Å². The van der Waals surface area contributed by atoms with E-state index in [9.17, 15) is 14.4 Å². The molecule has 2 aromatic rings. The predicted octanol–water partition coefficient (Wildman–Crippen LogP) is 9.10. The van der Waals surface area contributed by atoms with Crippen LogP contribution in [0, 0.1) is 0 Å². The van der Waals surface area contributed by atoms with E-state index in [4.69, 9.17) is 14.6 Å². The molecule has 1 aliphatic rings. The smallest absolute Gasteiger partial charge is 0.335 e. The number of carbonyl (C=O) groups excluding carboxylic acids is 2. The summed E-state index contributed by atoms with van der Waals surface area (Å²) in [6.07, 6.45) is 18.7. The van der Waals surface area contributed by atoms with Crippen molar-refractivity contribution in [3.05, 3.63) is 143 Å². The first kappa shape index (κ1) is 43.3. The molecule has 0 spiro atoms. The molecule has 0 amide bonds. The van der Waals surface area contributed by atoms with Gasteiger partial charge in [0.05, 0.1) is 25.6 Å². The minimum absolute atomic E-state index is 0.136. The molecule has 0 bridgehead atoms. The number of Topliss-reactive ketones (excluding diaryl/α,β-unsaturated/α-hetero) is 1. The molecule has 9 nitrogen and oxygen atoms in total. The maximum atomic E-state index is 11.6. The summed E-state index contributed by atoms with van der Waals surface area (Å²) in [4.78, 5) is 35.0. The molecule has 0 radical (unpaired) electrons. The Morgan fingerprint density at radius 3 is 2.06 bits per heavy atom. The lowest BCUT2D eigenvalue weighted by atomic mass is 10.1. The average Bonchev–Trinajstić information content (AvgIpc) is 3.43. The molecule has 2 N–H and O–H groups in total. The van der Waals surface area contributed by atoms with E-state index in [0.29, 0.717) is 17.8 Å². The van der Waals surface area contributed by atoms with E-state index in [0.717, 1.165) is 46.8 Å². The number of hydrogen-bond donors (Lipinski definition) is 2. The van der Waals surface area contributed by atoms with Gasteiger partial charge in [0.15, 0.2) is 12.4 Å². The van der Waals surface area contributed by atoms with E-state index in [1.54, 1.807) is 20.3 Å². The number of nitrogens with zero attached hydrogens (tertiary/aromatic N) is 1. The third-order valence-corrected chi connectivity index (χ3v) is 8.14. The first-order chi connectivity index (χ1) is 25.4. The number of esters is 1. The third-order valence-electron chi connectivity index (χ3n) is 8.14. The Bertz CT molecular complexity index is 1760. The largest absolute Gasteiger partial charge is 0.501 e. The van der Waals surface area contributed by atoms with Gasteiger partial charge < -0.3 is 29.5 Å². The third kappa shape index (κ3) is 15.9. The number of anilines is 2. The van der Waals surface area contributed by atoms with Crippen LogP contribution in [0.3, 0.4) is 0 Å². The van der Waals surface area contributed by atoms with Gasteiger partial charge in [-0.2, -0.15) is 0 Å². The first-order valence-electron chi connectivity index (χ1n) is 17.6. The summed E-state index contributed by atoms with van der Waals surface area (Å²) >= 11 is 0. The second-order valence-corrected chi connectivity index (χ2v) is 12.0. The predicted molar refractivity (Wildman–Crippen MR) is 216 cm³/mol.